The first-order chi connectivity index (χ1) is 8.79. The van der Waals surface area contributed by atoms with Crippen molar-refractivity contribution in [3.05, 3.63) is 28.3 Å². The van der Waals surface area contributed by atoms with Gasteiger partial charge in [0.1, 0.15) is 5.54 Å². The third-order valence-electron chi connectivity index (χ3n) is 2.72. The number of H-pyrrole nitrogens is 1. The van der Waals surface area contributed by atoms with E-state index in [1.165, 1.54) is 18.2 Å². The number of primary amides is 1. The van der Waals surface area contributed by atoms with Crippen LogP contribution in [0.5, 0.6) is 0 Å². The van der Waals surface area contributed by atoms with E-state index in [-0.39, 0.29) is 5.69 Å². The topological polar surface area (TPSA) is 127 Å². The van der Waals surface area contributed by atoms with E-state index >= 15 is 0 Å². The maximum atomic E-state index is 11.2. The number of nitrogens with one attached hydrogen (secondary N) is 2. The van der Waals surface area contributed by atoms with E-state index in [0.29, 0.717) is 17.0 Å². The number of benzene rings is 1. The van der Waals surface area contributed by atoms with Gasteiger partial charge in [0.15, 0.2) is 0 Å². The molecule has 0 saturated heterocycles. The van der Waals surface area contributed by atoms with Crippen molar-refractivity contribution in [2.45, 2.75) is 19.4 Å². The van der Waals surface area contributed by atoms with Gasteiger partial charge in [0.2, 0.25) is 11.9 Å². The number of nitrogens with two attached hydrogens (primary N) is 1. The minimum atomic E-state index is -0.972. The lowest BCUT2D eigenvalue weighted by atomic mass is 10.1. The molecule has 8 nitrogen and oxygen atoms in total. The second kappa shape index (κ2) is 4.23. The summed E-state index contributed by atoms with van der Waals surface area (Å²) in [5, 5.41) is 13.5. The number of nitro benzene ring substituents is 1. The largest absolute Gasteiger partial charge is 0.368 e. The molecule has 2 rings (SSSR count). The molecule has 19 heavy (non-hydrogen) atoms. The molecule has 1 aromatic heterocycles. The number of carbonyl (C=O) groups is 1. The summed E-state index contributed by atoms with van der Waals surface area (Å²) in [6, 6.07) is 4.28. The summed E-state index contributed by atoms with van der Waals surface area (Å²) in [7, 11) is 0. The zero-order valence-electron chi connectivity index (χ0n) is 10.4. The number of anilines is 1. The highest BCUT2D eigenvalue weighted by Gasteiger charge is 2.25. The average molecular weight is 263 g/mol. The van der Waals surface area contributed by atoms with Gasteiger partial charge < -0.3 is 16.0 Å². The summed E-state index contributed by atoms with van der Waals surface area (Å²) < 4.78 is 0. The number of fused-ring (bicyclic) bond motifs is 1. The van der Waals surface area contributed by atoms with Gasteiger partial charge in [0.05, 0.1) is 16.0 Å². The fraction of sp³-hybridized carbons (Fsp3) is 0.273. The van der Waals surface area contributed by atoms with Gasteiger partial charge in [0, 0.05) is 12.1 Å². The zero-order chi connectivity index (χ0) is 14.2. The normalized spacial score (nSPS) is 11.5. The van der Waals surface area contributed by atoms with Crippen molar-refractivity contribution in [3.8, 4) is 0 Å². The molecule has 1 amide bonds. The Morgan fingerprint density at radius 1 is 1.53 bits per heavy atom. The zero-order valence-corrected chi connectivity index (χ0v) is 10.4. The number of nitro groups is 1. The molecule has 0 atom stereocenters. The van der Waals surface area contributed by atoms with Gasteiger partial charge in [-0.1, -0.05) is 0 Å². The molecule has 0 spiro atoms. The van der Waals surface area contributed by atoms with Gasteiger partial charge in [-0.3, -0.25) is 14.9 Å². The number of nitrogens with zero attached hydrogens (tertiary/aromatic N) is 2. The number of non-ortho nitro benzene ring substituents is 1. The van der Waals surface area contributed by atoms with E-state index in [4.69, 9.17) is 5.73 Å². The van der Waals surface area contributed by atoms with Gasteiger partial charge in [0.25, 0.3) is 5.69 Å². The van der Waals surface area contributed by atoms with Crippen molar-refractivity contribution < 1.29 is 9.72 Å². The van der Waals surface area contributed by atoms with Gasteiger partial charge in [-0.15, -0.1) is 0 Å². The lowest BCUT2D eigenvalue weighted by molar-refractivity contribution is -0.384. The predicted molar refractivity (Wildman–Crippen MR) is 69.6 cm³/mol. The second-order valence-corrected chi connectivity index (χ2v) is 4.66. The number of carbonyl (C=O) groups excluding carboxylic acids is 1. The summed E-state index contributed by atoms with van der Waals surface area (Å²) in [6.45, 7) is 3.23. The fourth-order valence-corrected chi connectivity index (χ4v) is 1.53. The summed E-state index contributed by atoms with van der Waals surface area (Å²) in [5.41, 5.74) is 5.32. The fourth-order valence-electron chi connectivity index (χ4n) is 1.53. The highest BCUT2D eigenvalue weighted by atomic mass is 16.6. The molecule has 100 valence electrons. The van der Waals surface area contributed by atoms with Crippen molar-refractivity contribution in [1.82, 2.24) is 9.97 Å². The van der Waals surface area contributed by atoms with Crippen LogP contribution in [0.2, 0.25) is 0 Å². The number of aromatic nitrogens is 2. The molecule has 0 bridgehead atoms. The summed E-state index contributed by atoms with van der Waals surface area (Å²) in [5.74, 6) is -0.196. The van der Waals surface area contributed by atoms with Crippen LogP contribution in [0, 0.1) is 10.1 Å². The minimum absolute atomic E-state index is 0.0307. The molecule has 4 N–H and O–H groups in total. The lowest BCUT2D eigenvalue weighted by Gasteiger charge is -2.21. The highest BCUT2D eigenvalue weighted by molar-refractivity contribution is 5.87. The first-order valence-corrected chi connectivity index (χ1v) is 5.52. The third-order valence-corrected chi connectivity index (χ3v) is 2.72. The molecular weight excluding hydrogens is 250 g/mol. The van der Waals surface area contributed by atoms with Crippen molar-refractivity contribution in [2.75, 3.05) is 5.32 Å². The van der Waals surface area contributed by atoms with Crippen LogP contribution in [-0.2, 0) is 4.79 Å². The number of amides is 1. The van der Waals surface area contributed by atoms with E-state index in [2.05, 4.69) is 15.3 Å². The lowest BCUT2D eigenvalue weighted by Crippen LogP contribution is -2.45. The SMILES string of the molecule is CC(C)(Nc1nc2ccc([N+](=O)[O-])cc2[nH]1)C(N)=O. The quantitative estimate of drug-likeness (QED) is 0.563. The van der Waals surface area contributed by atoms with Gasteiger partial charge in [-0.05, 0) is 19.9 Å². The Kier molecular flexibility index (Phi) is 2.85. The molecule has 0 unspecified atom stereocenters. The maximum absolute atomic E-state index is 11.2. The van der Waals surface area contributed by atoms with E-state index in [1.54, 1.807) is 13.8 Å². The van der Waals surface area contributed by atoms with E-state index < -0.39 is 16.4 Å². The molecule has 0 fully saturated rings. The number of hydrogen-bond acceptors (Lipinski definition) is 5. The van der Waals surface area contributed by atoms with Crippen molar-refractivity contribution in [3.63, 3.8) is 0 Å². The Labute approximate surface area is 108 Å². The van der Waals surface area contributed by atoms with Crippen LogP contribution >= 0.6 is 0 Å². The second-order valence-electron chi connectivity index (χ2n) is 4.66. The van der Waals surface area contributed by atoms with Gasteiger partial charge in [-0.25, -0.2) is 4.98 Å². The third kappa shape index (κ3) is 2.46. The summed E-state index contributed by atoms with van der Waals surface area (Å²) >= 11 is 0. The molecule has 1 heterocycles. The van der Waals surface area contributed by atoms with Gasteiger partial charge in [-0.2, -0.15) is 0 Å². The predicted octanol–water partition coefficient (Wildman–Crippen LogP) is 1.15. The van der Waals surface area contributed by atoms with Crippen LogP contribution in [0.1, 0.15) is 13.8 Å². The van der Waals surface area contributed by atoms with Crippen LogP contribution < -0.4 is 11.1 Å². The molecule has 2 aromatic rings. The standard InChI is InChI=1S/C11H13N5O3/c1-11(2,9(12)17)15-10-13-7-4-3-6(16(18)19)5-8(7)14-10/h3-5H,1-2H3,(H2,12,17)(H2,13,14,15). The Bertz CT molecular complexity index is 661. The number of imidazole rings is 1. The number of aromatic amines is 1. The van der Waals surface area contributed by atoms with Crippen molar-refractivity contribution in [2.24, 2.45) is 5.73 Å². The van der Waals surface area contributed by atoms with E-state index in [0.717, 1.165) is 0 Å². The summed E-state index contributed by atoms with van der Waals surface area (Å²) in [4.78, 5) is 28.4. The average Bonchev–Trinajstić information content (AvgIpc) is 2.68. The van der Waals surface area contributed by atoms with Crippen molar-refractivity contribution >= 4 is 28.6 Å². The minimum Gasteiger partial charge on any atom is -0.368 e. The first kappa shape index (κ1) is 12.8. The summed E-state index contributed by atoms with van der Waals surface area (Å²) in [6.07, 6.45) is 0. The van der Waals surface area contributed by atoms with Crippen molar-refractivity contribution in [1.29, 1.82) is 0 Å². The number of hydrogen-bond donors (Lipinski definition) is 3. The van der Waals surface area contributed by atoms with E-state index in [1.807, 2.05) is 0 Å². The van der Waals surface area contributed by atoms with Crippen LogP contribution in [0.25, 0.3) is 11.0 Å². The van der Waals surface area contributed by atoms with Crippen LogP contribution in [0.15, 0.2) is 18.2 Å². The first-order valence-electron chi connectivity index (χ1n) is 5.52. The Morgan fingerprint density at radius 3 is 2.79 bits per heavy atom. The molecule has 1 aromatic carbocycles. The van der Waals surface area contributed by atoms with Crippen LogP contribution in [0.3, 0.4) is 0 Å². The number of rotatable bonds is 4. The highest BCUT2D eigenvalue weighted by Crippen LogP contribution is 2.21. The molecule has 0 aliphatic heterocycles. The van der Waals surface area contributed by atoms with Crippen LogP contribution in [0.4, 0.5) is 11.6 Å². The van der Waals surface area contributed by atoms with Gasteiger partial charge >= 0.3 is 0 Å². The molecule has 8 heteroatoms. The smallest absolute Gasteiger partial charge is 0.271 e. The molecule has 0 radical (unpaired) electrons. The van der Waals surface area contributed by atoms with Crippen LogP contribution in [-0.4, -0.2) is 26.3 Å². The molecule has 0 aliphatic carbocycles. The van der Waals surface area contributed by atoms with E-state index in [9.17, 15) is 14.9 Å². The monoisotopic (exact) mass is 263 g/mol. The molecular formula is C11H13N5O3. The molecule has 0 saturated carbocycles. The Morgan fingerprint density at radius 2 is 2.21 bits per heavy atom. The maximum Gasteiger partial charge on any atom is 0.271 e. The molecule has 0 aliphatic rings. The Hall–Kier alpha value is -2.64. The Balaban J connectivity index is 2.37.